The minimum absolute atomic E-state index is 0.208. The molecule has 15 heavy (non-hydrogen) atoms. The summed E-state index contributed by atoms with van der Waals surface area (Å²) in [5, 5.41) is 0. The van der Waals surface area contributed by atoms with Gasteiger partial charge < -0.3 is 0 Å². The molecule has 1 aromatic carbocycles. The van der Waals surface area contributed by atoms with Crippen molar-refractivity contribution in [2.75, 3.05) is 6.26 Å². The Hall–Kier alpha value is -0.840. The average Bonchev–Trinajstić information content (AvgIpc) is 2.15. The van der Waals surface area contributed by atoms with Crippen LogP contribution in [-0.4, -0.2) is 10.5 Å². The van der Waals surface area contributed by atoms with E-state index in [4.69, 9.17) is 0 Å². The van der Waals surface area contributed by atoms with Crippen LogP contribution in [0.4, 0.5) is 13.2 Å². The van der Waals surface area contributed by atoms with Crippen LogP contribution in [0.15, 0.2) is 23.1 Å². The van der Waals surface area contributed by atoms with Crippen molar-refractivity contribution in [3.05, 3.63) is 29.3 Å². The SMILES string of the molecule is CCc1ccc(S(C)=O)cc1C(F)(F)F. The first kappa shape index (κ1) is 12.2. The van der Waals surface area contributed by atoms with Crippen molar-refractivity contribution in [2.24, 2.45) is 0 Å². The van der Waals surface area contributed by atoms with Crippen LogP contribution in [0, 0.1) is 0 Å². The Bertz CT molecular complexity index is 385. The molecule has 0 spiro atoms. The van der Waals surface area contributed by atoms with Gasteiger partial charge in [0, 0.05) is 22.0 Å². The van der Waals surface area contributed by atoms with Gasteiger partial charge >= 0.3 is 6.18 Å². The van der Waals surface area contributed by atoms with Crippen LogP contribution >= 0.6 is 0 Å². The topological polar surface area (TPSA) is 17.1 Å². The highest BCUT2D eigenvalue weighted by Crippen LogP contribution is 2.33. The third kappa shape index (κ3) is 2.81. The van der Waals surface area contributed by atoms with E-state index in [-0.39, 0.29) is 10.5 Å². The third-order valence-electron chi connectivity index (χ3n) is 2.10. The van der Waals surface area contributed by atoms with Gasteiger partial charge in [0.1, 0.15) is 0 Å². The van der Waals surface area contributed by atoms with Crippen LogP contribution in [0.1, 0.15) is 18.1 Å². The summed E-state index contributed by atoms with van der Waals surface area (Å²) in [5.74, 6) is 0. The Morgan fingerprint density at radius 2 is 1.93 bits per heavy atom. The number of alkyl halides is 3. The number of hydrogen-bond donors (Lipinski definition) is 0. The summed E-state index contributed by atoms with van der Waals surface area (Å²) in [7, 11) is -1.38. The predicted molar refractivity (Wildman–Crippen MR) is 53.2 cm³/mol. The van der Waals surface area contributed by atoms with E-state index in [1.807, 2.05) is 0 Å². The molecular weight excluding hydrogens is 225 g/mol. The summed E-state index contributed by atoms with van der Waals surface area (Å²) in [6.45, 7) is 1.66. The lowest BCUT2D eigenvalue weighted by molar-refractivity contribution is -0.138. The highest BCUT2D eigenvalue weighted by molar-refractivity contribution is 7.84. The van der Waals surface area contributed by atoms with Gasteiger partial charge in [-0.2, -0.15) is 13.2 Å². The molecule has 0 saturated heterocycles. The fourth-order valence-corrected chi connectivity index (χ4v) is 1.85. The largest absolute Gasteiger partial charge is 0.416 e. The lowest BCUT2D eigenvalue weighted by Gasteiger charge is -2.12. The normalized spacial score (nSPS) is 13.9. The molecule has 0 fully saturated rings. The monoisotopic (exact) mass is 236 g/mol. The second kappa shape index (κ2) is 4.35. The molecule has 0 amide bonds. The van der Waals surface area contributed by atoms with E-state index in [1.165, 1.54) is 18.4 Å². The zero-order valence-electron chi connectivity index (χ0n) is 8.39. The van der Waals surface area contributed by atoms with Gasteiger partial charge in [-0.3, -0.25) is 4.21 Å². The van der Waals surface area contributed by atoms with E-state index < -0.39 is 22.5 Å². The van der Waals surface area contributed by atoms with Crippen molar-refractivity contribution in [2.45, 2.75) is 24.4 Å². The Kier molecular flexibility index (Phi) is 3.54. The summed E-state index contributed by atoms with van der Waals surface area (Å²) in [5.41, 5.74) is -0.450. The molecule has 0 heterocycles. The van der Waals surface area contributed by atoms with Crippen molar-refractivity contribution in [1.29, 1.82) is 0 Å². The predicted octanol–water partition coefficient (Wildman–Crippen LogP) is 3.01. The number of benzene rings is 1. The summed E-state index contributed by atoms with van der Waals surface area (Å²) in [4.78, 5) is 0.208. The van der Waals surface area contributed by atoms with Crippen LogP contribution < -0.4 is 0 Å². The molecule has 0 aliphatic carbocycles. The molecule has 0 aromatic heterocycles. The van der Waals surface area contributed by atoms with Crippen molar-refractivity contribution >= 4 is 10.8 Å². The third-order valence-corrected chi connectivity index (χ3v) is 3.02. The van der Waals surface area contributed by atoms with Crippen molar-refractivity contribution in [3.63, 3.8) is 0 Å². The van der Waals surface area contributed by atoms with Crippen LogP contribution in [0.5, 0.6) is 0 Å². The first-order valence-electron chi connectivity index (χ1n) is 4.39. The molecule has 0 N–H and O–H groups in total. The number of hydrogen-bond acceptors (Lipinski definition) is 1. The Balaban J connectivity index is 3.32. The summed E-state index contributed by atoms with van der Waals surface area (Å²) in [6, 6.07) is 3.83. The molecule has 5 heteroatoms. The quantitative estimate of drug-likeness (QED) is 0.771. The summed E-state index contributed by atoms with van der Waals surface area (Å²) >= 11 is 0. The minimum atomic E-state index is -4.37. The molecule has 0 bridgehead atoms. The summed E-state index contributed by atoms with van der Waals surface area (Å²) < 4.78 is 48.8. The maximum atomic E-state index is 12.6. The summed E-state index contributed by atoms with van der Waals surface area (Å²) in [6.07, 6.45) is -2.70. The van der Waals surface area contributed by atoms with Crippen LogP contribution in [0.3, 0.4) is 0 Å². The standard InChI is InChI=1S/C10H11F3OS/c1-3-7-4-5-8(15(2)14)6-9(7)10(11,12)13/h4-6H,3H2,1-2H3. The van der Waals surface area contributed by atoms with Crippen molar-refractivity contribution < 1.29 is 17.4 Å². The van der Waals surface area contributed by atoms with Crippen LogP contribution in [0.2, 0.25) is 0 Å². The fraction of sp³-hybridized carbons (Fsp3) is 0.400. The molecule has 1 aromatic rings. The molecule has 1 rings (SSSR count). The molecule has 0 aliphatic rings. The van der Waals surface area contributed by atoms with Gasteiger partial charge in [0.05, 0.1) is 5.56 Å². The molecule has 0 saturated carbocycles. The van der Waals surface area contributed by atoms with Gasteiger partial charge in [-0.25, -0.2) is 0 Å². The minimum Gasteiger partial charge on any atom is -0.255 e. The van der Waals surface area contributed by atoms with E-state index >= 15 is 0 Å². The maximum absolute atomic E-state index is 12.6. The van der Waals surface area contributed by atoms with Gasteiger partial charge in [0.2, 0.25) is 0 Å². The lowest BCUT2D eigenvalue weighted by Crippen LogP contribution is -2.09. The lowest BCUT2D eigenvalue weighted by atomic mass is 10.1. The molecule has 0 aliphatic heterocycles. The second-order valence-corrected chi connectivity index (χ2v) is 4.50. The fourth-order valence-electron chi connectivity index (χ4n) is 1.31. The van der Waals surface area contributed by atoms with E-state index in [0.717, 1.165) is 6.07 Å². The Morgan fingerprint density at radius 3 is 2.33 bits per heavy atom. The van der Waals surface area contributed by atoms with E-state index in [0.29, 0.717) is 6.42 Å². The smallest absolute Gasteiger partial charge is 0.255 e. The molecule has 84 valence electrons. The van der Waals surface area contributed by atoms with E-state index in [9.17, 15) is 17.4 Å². The van der Waals surface area contributed by atoms with E-state index in [1.54, 1.807) is 6.92 Å². The Morgan fingerprint density at radius 1 is 1.33 bits per heavy atom. The molecule has 1 atom stereocenters. The van der Waals surface area contributed by atoms with Gasteiger partial charge in [0.25, 0.3) is 0 Å². The number of rotatable bonds is 2. The number of halogens is 3. The highest BCUT2D eigenvalue weighted by Gasteiger charge is 2.33. The molecular formula is C10H11F3OS. The second-order valence-electron chi connectivity index (χ2n) is 3.12. The van der Waals surface area contributed by atoms with Gasteiger partial charge in [-0.1, -0.05) is 13.0 Å². The van der Waals surface area contributed by atoms with Crippen molar-refractivity contribution in [3.8, 4) is 0 Å². The van der Waals surface area contributed by atoms with Gasteiger partial charge in [-0.15, -0.1) is 0 Å². The first-order chi connectivity index (χ1) is 6.86. The zero-order valence-corrected chi connectivity index (χ0v) is 9.21. The van der Waals surface area contributed by atoms with Crippen LogP contribution in [0.25, 0.3) is 0 Å². The van der Waals surface area contributed by atoms with Gasteiger partial charge in [0.15, 0.2) is 0 Å². The van der Waals surface area contributed by atoms with Crippen molar-refractivity contribution in [1.82, 2.24) is 0 Å². The Labute approximate surface area is 88.8 Å². The molecule has 1 unspecified atom stereocenters. The molecule has 1 nitrogen and oxygen atoms in total. The van der Waals surface area contributed by atoms with Crippen LogP contribution in [-0.2, 0) is 23.4 Å². The zero-order chi connectivity index (χ0) is 11.6. The average molecular weight is 236 g/mol. The van der Waals surface area contributed by atoms with Gasteiger partial charge in [-0.05, 0) is 24.1 Å². The highest BCUT2D eigenvalue weighted by atomic mass is 32.2. The maximum Gasteiger partial charge on any atom is 0.416 e. The first-order valence-corrected chi connectivity index (χ1v) is 5.95. The number of aryl methyl sites for hydroxylation is 1. The molecule has 0 radical (unpaired) electrons. The van der Waals surface area contributed by atoms with E-state index in [2.05, 4.69) is 0 Å².